The third-order valence-electron chi connectivity index (χ3n) is 5.33. The van der Waals surface area contributed by atoms with Crippen molar-refractivity contribution in [1.29, 1.82) is 0 Å². The molecule has 6 nitrogen and oxygen atoms in total. The van der Waals surface area contributed by atoms with E-state index in [-0.39, 0.29) is 5.91 Å². The normalized spacial score (nSPS) is 18.4. The second kappa shape index (κ2) is 7.12. The molecule has 0 aliphatic carbocycles. The van der Waals surface area contributed by atoms with Crippen molar-refractivity contribution in [2.75, 3.05) is 27.3 Å². The number of hydrogen-bond donors (Lipinski definition) is 1. The van der Waals surface area contributed by atoms with Gasteiger partial charge in [0.15, 0.2) is 5.72 Å². The second-order valence-corrected chi connectivity index (χ2v) is 7.00. The van der Waals surface area contributed by atoms with Gasteiger partial charge in [-0.1, -0.05) is 18.2 Å². The van der Waals surface area contributed by atoms with Crippen LogP contribution in [0.3, 0.4) is 0 Å². The molecule has 4 rings (SSSR count). The van der Waals surface area contributed by atoms with Gasteiger partial charge in [0.25, 0.3) is 5.91 Å². The fraction of sp³-hybridized carbons (Fsp3) is 0.381. The van der Waals surface area contributed by atoms with Crippen molar-refractivity contribution in [3.05, 3.63) is 53.6 Å². The molecule has 0 bridgehead atoms. The minimum atomic E-state index is -0.605. The lowest BCUT2D eigenvalue weighted by Crippen LogP contribution is -2.60. The molecule has 0 unspecified atom stereocenters. The molecule has 2 heterocycles. The lowest BCUT2D eigenvalue weighted by atomic mass is 9.96. The summed E-state index contributed by atoms with van der Waals surface area (Å²) in [4.78, 5) is 14.8. The van der Waals surface area contributed by atoms with Gasteiger partial charge in [0.05, 0.1) is 19.8 Å². The monoisotopic (exact) mass is 368 g/mol. The van der Waals surface area contributed by atoms with Crippen molar-refractivity contribution in [2.24, 2.45) is 0 Å². The average molecular weight is 368 g/mol. The van der Waals surface area contributed by atoms with E-state index in [1.807, 2.05) is 36.4 Å². The molecule has 0 saturated carbocycles. The highest BCUT2D eigenvalue weighted by atomic mass is 16.5. The Balaban J connectivity index is 1.43. The van der Waals surface area contributed by atoms with Crippen LogP contribution in [0.25, 0.3) is 0 Å². The first-order valence-corrected chi connectivity index (χ1v) is 9.16. The van der Waals surface area contributed by atoms with Gasteiger partial charge in [0.2, 0.25) is 0 Å². The van der Waals surface area contributed by atoms with Crippen LogP contribution in [-0.2, 0) is 6.54 Å². The van der Waals surface area contributed by atoms with Crippen LogP contribution in [0.4, 0.5) is 0 Å². The van der Waals surface area contributed by atoms with Crippen LogP contribution >= 0.6 is 0 Å². The molecule has 0 aromatic heterocycles. The quantitative estimate of drug-likeness (QED) is 0.899. The molecule has 1 fully saturated rings. The Labute approximate surface area is 159 Å². The molecule has 1 saturated heterocycles. The smallest absolute Gasteiger partial charge is 0.258 e. The Kier molecular flexibility index (Phi) is 4.66. The number of fused-ring (bicyclic) bond motifs is 1. The first-order valence-electron chi connectivity index (χ1n) is 9.16. The Bertz CT molecular complexity index is 844. The van der Waals surface area contributed by atoms with Crippen LogP contribution < -0.4 is 19.5 Å². The minimum absolute atomic E-state index is 0.0536. The van der Waals surface area contributed by atoms with E-state index >= 15 is 0 Å². The van der Waals surface area contributed by atoms with Gasteiger partial charge in [0.1, 0.15) is 17.2 Å². The van der Waals surface area contributed by atoms with Gasteiger partial charge in [-0.05, 0) is 18.2 Å². The highest BCUT2D eigenvalue weighted by molar-refractivity contribution is 5.98. The summed E-state index contributed by atoms with van der Waals surface area (Å²) in [7, 11) is 3.32. The highest BCUT2D eigenvalue weighted by Gasteiger charge is 2.42. The number of hydrogen-bond acceptors (Lipinski definition) is 5. The number of benzene rings is 2. The first kappa shape index (κ1) is 17.7. The number of nitrogens with one attached hydrogen (secondary N) is 1. The Morgan fingerprint density at radius 3 is 2.63 bits per heavy atom. The Hall–Kier alpha value is -2.73. The fourth-order valence-corrected chi connectivity index (χ4v) is 3.78. The first-order chi connectivity index (χ1) is 13.1. The third-order valence-corrected chi connectivity index (χ3v) is 5.33. The molecule has 2 aromatic carbocycles. The summed E-state index contributed by atoms with van der Waals surface area (Å²) in [6.07, 6.45) is 1.48. The molecule has 1 amide bonds. The van der Waals surface area contributed by atoms with Crippen molar-refractivity contribution < 1.29 is 19.0 Å². The summed E-state index contributed by atoms with van der Waals surface area (Å²) >= 11 is 0. The molecule has 1 N–H and O–H groups in total. The zero-order valence-electron chi connectivity index (χ0n) is 15.7. The number of carbonyl (C=O) groups excluding carboxylic acids is 1. The number of methoxy groups -OCH3 is 2. The molecule has 0 radical (unpaired) electrons. The van der Waals surface area contributed by atoms with Gasteiger partial charge in [0, 0.05) is 44.1 Å². The average Bonchev–Trinajstić information content (AvgIpc) is 2.70. The molecular weight excluding hydrogens is 344 g/mol. The van der Waals surface area contributed by atoms with E-state index in [1.54, 1.807) is 20.3 Å². The van der Waals surface area contributed by atoms with Crippen molar-refractivity contribution in [1.82, 2.24) is 10.2 Å². The highest BCUT2D eigenvalue weighted by Crippen LogP contribution is 2.34. The summed E-state index contributed by atoms with van der Waals surface area (Å²) in [5.41, 5.74) is 1.12. The Morgan fingerprint density at radius 1 is 1.11 bits per heavy atom. The number of likely N-dealkylation sites (tertiary alicyclic amines) is 1. The van der Waals surface area contributed by atoms with E-state index in [4.69, 9.17) is 14.2 Å². The molecule has 0 atom stereocenters. The maximum atomic E-state index is 12.4. The van der Waals surface area contributed by atoms with Crippen LogP contribution in [-0.4, -0.2) is 43.8 Å². The Morgan fingerprint density at radius 2 is 1.89 bits per heavy atom. The zero-order valence-corrected chi connectivity index (χ0v) is 15.7. The molecular formula is C21H24N2O4. The topological polar surface area (TPSA) is 60.0 Å². The van der Waals surface area contributed by atoms with Gasteiger partial charge in [-0.25, -0.2) is 0 Å². The number of para-hydroxylation sites is 1. The molecule has 2 aromatic rings. The number of carbonyl (C=O) groups is 1. The van der Waals surface area contributed by atoms with E-state index in [9.17, 15) is 4.79 Å². The maximum Gasteiger partial charge on any atom is 0.258 e. The van der Waals surface area contributed by atoms with E-state index in [2.05, 4.69) is 10.2 Å². The van der Waals surface area contributed by atoms with E-state index in [1.165, 1.54) is 0 Å². The van der Waals surface area contributed by atoms with Crippen molar-refractivity contribution >= 4 is 5.91 Å². The summed E-state index contributed by atoms with van der Waals surface area (Å²) in [5, 5.41) is 3.08. The SMILES string of the molecule is COc1ccc(CN2CCC3(CC2)NC(=O)c2ccccc2O3)c(OC)c1. The number of ether oxygens (including phenoxy) is 3. The minimum Gasteiger partial charge on any atom is -0.497 e. The summed E-state index contributed by atoms with van der Waals surface area (Å²) in [6, 6.07) is 13.3. The van der Waals surface area contributed by atoms with Crippen LogP contribution in [0.2, 0.25) is 0 Å². The number of nitrogens with zero attached hydrogens (tertiary/aromatic N) is 1. The van der Waals surface area contributed by atoms with Crippen molar-refractivity contribution in [2.45, 2.75) is 25.1 Å². The third kappa shape index (κ3) is 3.45. The van der Waals surface area contributed by atoms with Crippen LogP contribution in [0.5, 0.6) is 17.2 Å². The van der Waals surface area contributed by atoms with Crippen LogP contribution in [0.15, 0.2) is 42.5 Å². The lowest BCUT2D eigenvalue weighted by molar-refractivity contribution is -0.0305. The zero-order chi connectivity index (χ0) is 18.9. The number of rotatable bonds is 4. The molecule has 27 heavy (non-hydrogen) atoms. The molecule has 6 heteroatoms. The molecule has 2 aliphatic rings. The lowest BCUT2D eigenvalue weighted by Gasteiger charge is -2.44. The van der Waals surface area contributed by atoms with E-state index in [0.29, 0.717) is 11.3 Å². The van der Waals surface area contributed by atoms with Gasteiger partial charge >= 0.3 is 0 Å². The standard InChI is InChI=1S/C21H24N2O4/c1-25-16-8-7-15(19(13-16)26-2)14-23-11-9-21(10-12-23)22-20(24)17-5-3-4-6-18(17)27-21/h3-8,13H,9-12,14H2,1-2H3,(H,22,24). The fourth-order valence-electron chi connectivity index (χ4n) is 3.78. The van der Waals surface area contributed by atoms with Gasteiger partial charge in [-0.2, -0.15) is 0 Å². The molecule has 2 aliphatic heterocycles. The molecule has 1 spiro atoms. The summed E-state index contributed by atoms with van der Waals surface area (Å²) in [6.45, 7) is 2.45. The number of piperidine rings is 1. The van der Waals surface area contributed by atoms with Crippen molar-refractivity contribution in [3.63, 3.8) is 0 Å². The van der Waals surface area contributed by atoms with Gasteiger partial charge in [-0.3, -0.25) is 9.69 Å². The van der Waals surface area contributed by atoms with E-state index < -0.39 is 5.72 Å². The molecule has 142 valence electrons. The predicted molar refractivity (Wildman–Crippen MR) is 101 cm³/mol. The summed E-state index contributed by atoms with van der Waals surface area (Å²) < 4.78 is 17.0. The van der Waals surface area contributed by atoms with Crippen molar-refractivity contribution in [3.8, 4) is 17.2 Å². The summed E-state index contributed by atoms with van der Waals surface area (Å²) in [5.74, 6) is 2.23. The van der Waals surface area contributed by atoms with Gasteiger partial charge in [-0.15, -0.1) is 0 Å². The largest absolute Gasteiger partial charge is 0.497 e. The van der Waals surface area contributed by atoms with E-state index in [0.717, 1.165) is 49.5 Å². The number of amides is 1. The maximum absolute atomic E-state index is 12.4. The van der Waals surface area contributed by atoms with Crippen LogP contribution in [0.1, 0.15) is 28.8 Å². The second-order valence-electron chi connectivity index (χ2n) is 7.00. The predicted octanol–water partition coefficient (Wildman–Crippen LogP) is 2.82. The van der Waals surface area contributed by atoms with Gasteiger partial charge < -0.3 is 19.5 Å². The van der Waals surface area contributed by atoms with Crippen LogP contribution in [0, 0.1) is 0 Å².